The summed E-state index contributed by atoms with van der Waals surface area (Å²) in [6.07, 6.45) is 3.22. The molecule has 4 rings (SSSR count). The standard InChI is InChI=1S/C20H19N5O2S/c26-19(16-8-4-5-9-21-16)24-22-14-17-18(15-6-2-1-3-7-15)23-20(28-17)25-10-12-27-13-11-25/h1-9,14H,10-13H2,(H,24,26)/b22-14+. The van der Waals surface area contributed by atoms with Gasteiger partial charge in [-0.05, 0) is 12.1 Å². The monoisotopic (exact) mass is 393 g/mol. The van der Waals surface area contributed by atoms with Gasteiger partial charge in [0.05, 0.1) is 30.0 Å². The molecular weight excluding hydrogens is 374 g/mol. The normalized spacial score (nSPS) is 14.4. The largest absolute Gasteiger partial charge is 0.378 e. The van der Waals surface area contributed by atoms with Gasteiger partial charge in [0, 0.05) is 24.8 Å². The summed E-state index contributed by atoms with van der Waals surface area (Å²) in [5.74, 6) is -0.351. The van der Waals surface area contributed by atoms with Crippen molar-refractivity contribution in [3.05, 3.63) is 65.3 Å². The van der Waals surface area contributed by atoms with Gasteiger partial charge in [0.1, 0.15) is 5.69 Å². The van der Waals surface area contributed by atoms with Crippen LogP contribution in [0, 0.1) is 0 Å². The highest BCUT2D eigenvalue weighted by atomic mass is 32.1. The number of hydrogen-bond acceptors (Lipinski definition) is 7. The summed E-state index contributed by atoms with van der Waals surface area (Å²) in [7, 11) is 0. The van der Waals surface area contributed by atoms with E-state index in [0.29, 0.717) is 18.9 Å². The first-order valence-corrected chi connectivity index (χ1v) is 9.76. The minimum atomic E-state index is -0.351. The number of morpholine rings is 1. The molecule has 3 heterocycles. The molecule has 3 aromatic rings. The molecule has 1 aromatic carbocycles. The number of carbonyl (C=O) groups excluding carboxylic acids is 1. The number of nitrogens with one attached hydrogen (secondary N) is 1. The van der Waals surface area contributed by atoms with Crippen LogP contribution >= 0.6 is 11.3 Å². The predicted molar refractivity (Wildman–Crippen MR) is 110 cm³/mol. The minimum absolute atomic E-state index is 0.321. The van der Waals surface area contributed by atoms with Crippen LogP contribution in [-0.4, -0.2) is 48.4 Å². The SMILES string of the molecule is O=C(N/N=C/c1sc(N2CCOCC2)nc1-c1ccccc1)c1ccccn1. The zero-order chi connectivity index (χ0) is 19.2. The molecule has 0 aliphatic carbocycles. The van der Waals surface area contributed by atoms with E-state index in [0.717, 1.165) is 34.4 Å². The third kappa shape index (κ3) is 4.24. The lowest BCUT2D eigenvalue weighted by atomic mass is 10.1. The number of hydrogen-bond donors (Lipinski definition) is 1. The number of hydrazone groups is 1. The molecule has 0 spiro atoms. The number of aromatic nitrogens is 2. The zero-order valence-electron chi connectivity index (χ0n) is 15.1. The third-order valence-corrected chi connectivity index (χ3v) is 5.27. The molecule has 28 heavy (non-hydrogen) atoms. The van der Waals surface area contributed by atoms with Crippen molar-refractivity contribution in [3.8, 4) is 11.3 Å². The molecule has 1 aliphatic heterocycles. The number of rotatable bonds is 5. The summed E-state index contributed by atoms with van der Waals surface area (Å²) < 4.78 is 5.43. The molecule has 0 saturated carbocycles. The smallest absolute Gasteiger partial charge is 0.289 e. The Morgan fingerprint density at radius 3 is 2.68 bits per heavy atom. The Morgan fingerprint density at radius 1 is 1.14 bits per heavy atom. The molecule has 1 aliphatic rings. The lowest BCUT2D eigenvalue weighted by Crippen LogP contribution is -2.36. The second-order valence-electron chi connectivity index (χ2n) is 6.09. The molecule has 1 N–H and O–H groups in total. The van der Waals surface area contributed by atoms with Gasteiger partial charge < -0.3 is 9.64 Å². The fourth-order valence-corrected chi connectivity index (χ4v) is 3.82. The van der Waals surface area contributed by atoms with Crippen molar-refractivity contribution in [3.63, 3.8) is 0 Å². The van der Waals surface area contributed by atoms with Gasteiger partial charge in [-0.2, -0.15) is 5.10 Å². The summed E-state index contributed by atoms with van der Waals surface area (Å²) in [4.78, 5) is 24.1. The van der Waals surface area contributed by atoms with Gasteiger partial charge in [0.15, 0.2) is 5.13 Å². The Hall–Kier alpha value is -3.10. The summed E-state index contributed by atoms with van der Waals surface area (Å²) in [6, 6.07) is 15.1. The van der Waals surface area contributed by atoms with Crippen LogP contribution in [0.25, 0.3) is 11.3 Å². The second-order valence-corrected chi connectivity index (χ2v) is 7.10. The molecule has 0 unspecified atom stereocenters. The average Bonchev–Trinajstić information content (AvgIpc) is 3.20. The van der Waals surface area contributed by atoms with Crippen molar-refractivity contribution in [2.24, 2.45) is 5.10 Å². The van der Waals surface area contributed by atoms with E-state index in [9.17, 15) is 4.79 Å². The Bertz CT molecular complexity index is 953. The molecule has 2 aromatic heterocycles. The lowest BCUT2D eigenvalue weighted by Gasteiger charge is -2.26. The number of carbonyl (C=O) groups is 1. The van der Waals surface area contributed by atoms with Crippen molar-refractivity contribution in [2.45, 2.75) is 0 Å². The number of ether oxygens (including phenoxy) is 1. The molecule has 8 heteroatoms. The van der Waals surface area contributed by atoms with Gasteiger partial charge in [0.2, 0.25) is 0 Å². The van der Waals surface area contributed by atoms with Crippen LogP contribution in [-0.2, 0) is 4.74 Å². The van der Waals surface area contributed by atoms with Crippen molar-refractivity contribution >= 4 is 28.6 Å². The van der Waals surface area contributed by atoms with E-state index >= 15 is 0 Å². The molecule has 1 fully saturated rings. The maximum absolute atomic E-state index is 12.1. The first-order chi connectivity index (χ1) is 13.8. The first-order valence-electron chi connectivity index (χ1n) is 8.94. The Morgan fingerprint density at radius 2 is 1.93 bits per heavy atom. The van der Waals surface area contributed by atoms with Crippen LogP contribution in [0.5, 0.6) is 0 Å². The van der Waals surface area contributed by atoms with Gasteiger partial charge >= 0.3 is 0 Å². The van der Waals surface area contributed by atoms with E-state index in [1.54, 1.807) is 41.9 Å². The fourth-order valence-electron chi connectivity index (χ4n) is 2.80. The van der Waals surface area contributed by atoms with Crippen LogP contribution in [0.3, 0.4) is 0 Å². The highest BCUT2D eigenvalue weighted by Gasteiger charge is 2.18. The van der Waals surface area contributed by atoms with Gasteiger partial charge in [-0.1, -0.05) is 47.7 Å². The topological polar surface area (TPSA) is 79.7 Å². The summed E-state index contributed by atoms with van der Waals surface area (Å²) >= 11 is 1.55. The summed E-state index contributed by atoms with van der Waals surface area (Å²) in [6.45, 7) is 3.02. The summed E-state index contributed by atoms with van der Waals surface area (Å²) in [5, 5.41) is 5.06. The van der Waals surface area contributed by atoms with Gasteiger partial charge in [-0.15, -0.1) is 0 Å². The maximum Gasteiger partial charge on any atom is 0.289 e. The fraction of sp³-hybridized carbons (Fsp3) is 0.200. The number of thiazole rings is 1. The van der Waals surface area contributed by atoms with Crippen molar-refractivity contribution < 1.29 is 9.53 Å². The molecule has 0 atom stereocenters. The van der Waals surface area contributed by atoms with E-state index in [4.69, 9.17) is 9.72 Å². The van der Waals surface area contributed by atoms with Crippen molar-refractivity contribution in [1.82, 2.24) is 15.4 Å². The Kier molecular flexibility index (Phi) is 5.69. The predicted octanol–water partition coefficient (Wildman–Crippen LogP) is 2.81. The van der Waals surface area contributed by atoms with Crippen LogP contribution in [0.15, 0.2) is 59.8 Å². The highest BCUT2D eigenvalue weighted by Crippen LogP contribution is 2.32. The third-order valence-electron chi connectivity index (χ3n) is 4.22. The van der Waals surface area contributed by atoms with Gasteiger partial charge in [0.25, 0.3) is 5.91 Å². The van der Waals surface area contributed by atoms with Crippen LogP contribution in [0.2, 0.25) is 0 Å². The first kappa shape index (κ1) is 18.3. The Labute approximate surface area is 166 Å². The second kappa shape index (κ2) is 8.73. The lowest BCUT2D eigenvalue weighted by molar-refractivity contribution is 0.0950. The number of nitrogens with zero attached hydrogens (tertiary/aromatic N) is 4. The van der Waals surface area contributed by atoms with Crippen molar-refractivity contribution in [1.29, 1.82) is 0 Å². The van der Waals surface area contributed by atoms with E-state index in [2.05, 4.69) is 20.4 Å². The molecular formula is C20H19N5O2S. The van der Waals surface area contributed by atoms with E-state index in [1.165, 1.54) is 0 Å². The molecule has 0 bridgehead atoms. The van der Waals surface area contributed by atoms with E-state index < -0.39 is 0 Å². The van der Waals surface area contributed by atoms with Gasteiger partial charge in [-0.3, -0.25) is 9.78 Å². The molecule has 142 valence electrons. The van der Waals surface area contributed by atoms with Crippen LogP contribution < -0.4 is 10.3 Å². The van der Waals surface area contributed by atoms with E-state index in [-0.39, 0.29) is 5.91 Å². The summed E-state index contributed by atoms with van der Waals surface area (Å²) in [5.41, 5.74) is 4.71. The number of pyridine rings is 1. The Balaban J connectivity index is 1.57. The zero-order valence-corrected chi connectivity index (χ0v) is 15.9. The van der Waals surface area contributed by atoms with Crippen molar-refractivity contribution in [2.75, 3.05) is 31.2 Å². The molecule has 7 nitrogen and oxygen atoms in total. The average molecular weight is 393 g/mol. The number of amides is 1. The number of anilines is 1. The minimum Gasteiger partial charge on any atom is -0.378 e. The highest BCUT2D eigenvalue weighted by molar-refractivity contribution is 7.17. The molecule has 1 amide bonds. The number of benzene rings is 1. The van der Waals surface area contributed by atoms with E-state index in [1.807, 2.05) is 30.3 Å². The van der Waals surface area contributed by atoms with Crippen LogP contribution in [0.1, 0.15) is 15.4 Å². The molecule has 1 saturated heterocycles. The van der Waals surface area contributed by atoms with Gasteiger partial charge in [-0.25, -0.2) is 10.4 Å². The van der Waals surface area contributed by atoms with Crippen LogP contribution in [0.4, 0.5) is 5.13 Å². The maximum atomic E-state index is 12.1. The molecule has 0 radical (unpaired) electrons. The quantitative estimate of drug-likeness (QED) is 0.533.